The van der Waals surface area contributed by atoms with E-state index in [0.29, 0.717) is 0 Å². The maximum Gasteiger partial charge on any atom is 0.150 e. The molecule has 0 spiro atoms. The van der Waals surface area contributed by atoms with Crippen LogP contribution in [0.3, 0.4) is 0 Å². The average molecular weight is 228 g/mol. The van der Waals surface area contributed by atoms with Crippen LogP contribution >= 0.6 is 0 Å². The van der Waals surface area contributed by atoms with Crippen LogP contribution in [-0.2, 0) is 0 Å². The molecule has 1 saturated heterocycles. The van der Waals surface area contributed by atoms with Crippen molar-refractivity contribution >= 4 is 16.9 Å². The van der Waals surface area contributed by atoms with Crippen molar-refractivity contribution in [2.45, 2.75) is 6.92 Å². The lowest BCUT2D eigenvalue weighted by atomic mass is 10.2. The summed E-state index contributed by atoms with van der Waals surface area (Å²) in [4.78, 5) is 11.7. The van der Waals surface area contributed by atoms with Crippen LogP contribution in [0.5, 0.6) is 0 Å². The number of benzene rings is 1. The number of para-hydroxylation sites is 2. The van der Waals surface area contributed by atoms with Crippen molar-refractivity contribution in [3.8, 4) is 0 Å². The minimum atomic E-state index is 0.976. The molecule has 0 saturated carbocycles. The third kappa shape index (κ3) is 1.96. The standard InChI is InChI=1S/C13H16N4/c1-10-13(17-8-6-14-7-9-17)16-12-5-3-2-4-11(12)15-10/h2-5,14H,6-9H2,1H3. The number of anilines is 1. The smallest absolute Gasteiger partial charge is 0.150 e. The van der Waals surface area contributed by atoms with Crippen molar-refractivity contribution in [2.75, 3.05) is 31.1 Å². The molecule has 88 valence electrons. The highest BCUT2D eigenvalue weighted by Gasteiger charge is 2.15. The summed E-state index contributed by atoms with van der Waals surface area (Å²) in [6.07, 6.45) is 0. The molecule has 1 aromatic carbocycles. The van der Waals surface area contributed by atoms with E-state index in [-0.39, 0.29) is 0 Å². The van der Waals surface area contributed by atoms with Gasteiger partial charge in [-0.05, 0) is 19.1 Å². The Kier molecular flexibility index (Phi) is 2.65. The predicted molar refractivity (Wildman–Crippen MR) is 69.4 cm³/mol. The second kappa shape index (κ2) is 4.30. The van der Waals surface area contributed by atoms with Crippen LogP contribution in [0.15, 0.2) is 24.3 Å². The van der Waals surface area contributed by atoms with E-state index < -0.39 is 0 Å². The summed E-state index contributed by atoms with van der Waals surface area (Å²) in [7, 11) is 0. The van der Waals surface area contributed by atoms with Gasteiger partial charge in [-0.15, -0.1) is 0 Å². The van der Waals surface area contributed by atoms with E-state index in [1.807, 2.05) is 31.2 Å². The topological polar surface area (TPSA) is 41.1 Å². The number of hydrogen-bond acceptors (Lipinski definition) is 4. The summed E-state index contributed by atoms with van der Waals surface area (Å²) >= 11 is 0. The van der Waals surface area contributed by atoms with Gasteiger partial charge in [0, 0.05) is 26.2 Å². The van der Waals surface area contributed by atoms with Crippen LogP contribution in [0.2, 0.25) is 0 Å². The maximum atomic E-state index is 4.73. The molecule has 2 aromatic rings. The monoisotopic (exact) mass is 228 g/mol. The number of hydrogen-bond donors (Lipinski definition) is 1. The molecule has 3 rings (SSSR count). The average Bonchev–Trinajstić information content (AvgIpc) is 2.39. The van der Waals surface area contributed by atoms with E-state index in [0.717, 1.165) is 48.7 Å². The summed E-state index contributed by atoms with van der Waals surface area (Å²) in [6.45, 7) is 6.10. The van der Waals surface area contributed by atoms with E-state index in [1.54, 1.807) is 0 Å². The van der Waals surface area contributed by atoms with E-state index >= 15 is 0 Å². The Morgan fingerprint density at radius 3 is 2.41 bits per heavy atom. The van der Waals surface area contributed by atoms with E-state index in [4.69, 9.17) is 4.98 Å². The van der Waals surface area contributed by atoms with Gasteiger partial charge in [0.05, 0.1) is 16.7 Å². The van der Waals surface area contributed by atoms with Crippen LogP contribution in [0.1, 0.15) is 5.69 Å². The summed E-state index contributed by atoms with van der Waals surface area (Å²) < 4.78 is 0. The zero-order chi connectivity index (χ0) is 11.7. The lowest BCUT2D eigenvalue weighted by molar-refractivity contribution is 0.584. The molecule has 0 radical (unpaired) electrons. The van der Waals surface area contributed by atoms with Crippen LogP contribution in [0.4, 0.5) is 5.82 Å². The molecule has 1 fully saturated rings. The molecule has 0 atom stereocenters. The molecule has 0 aliphatic carbocycles. The predicted octanol–water partition coefficient (Wildman–Crippen LogP) is 1.35. The zero-order valence-corrected chi connectivity index (χ0v) is 9.98. The largest absolute Gasteiger partial charge is 0.353 e. The SMILES string of the molecule is Cc1nc2ccccc2nc1N1CCNCC1. The van der Waals surface area contributed by atoms with E-state index in [1.165, 1.54) is 0 Å². The first-order valence-electron chi connectivity index (χ1n) is 6.03. The van der Waals surface area contributed by atoms with Gasteiger partial charge in [-0.25, -0.2) is 9.97 Å². The number of nitrogens with zero attached hydrogens (tertiary/aromatic N) is 3. The van der Waals surface area contributed by atoms with Crippen LogP contribution in [0.25, 0.3) is 11.0 Å². The summed E-state index contributed by atoms with van der Waals surface area (Å²) in [5.74, 6) is 1.03. The molecule has 0 unspecified atom stereocenters. The molecule has 1 aliphatic rings. The summed E-state index contributed by atoms with van der Waals surface area (Å²) in [6, 6.07) is 8.04. The normalized spacial score (nSPS) is 16.4. The van der Waals surface area contributed by atoms with Gasteiger partial charge in [0.1, 0.15) is 0 Å². The van der Waals surface area contributed by atoms with E-state index in [9.17, 15) is 0 Å². The number of nitrogens with one attached hydrogen (secondary N) is 1. The first kappa shape index (κ1) is 10.5. The maximum absolute atomic E-state index is 4.73. The molecule has 1 aliphatic heterocycles. The molecule has 1 N–H and O–H groups in total. The molecule has 0 amide bonds. The second-order valence-corrected chi connectivity index (χ2v) is 4.36. The van der Waals surface area contributed by atoms with E-state index in [2.05, 4.69) is 15.2 Å². The number of aryl methyl sites for hydroxylation is 1. The van der Waals surface area contributed by atoms with Gasteiger partial charge in [-0.3, -0.25) is 0 Å². The van der Waals surface area contributed by atoms with Crippen molar-refractivity contribution in [1.29, 1.82) is 0 Å². The Morgan fingerprint density at radius 2 is 1.71 bits per heavy atom. The Balaban J connectivity index is 2.06. The fourth-order valence-corrected chi connectivity index (χ4v) is 2.26. The minimum Gasteiger partial charge on any atom is -0.353 e. The third-order valence-corrected chi connectivity index (χ3v) is 3.14. The number of rotatable bonds is 1. The first-order chi connectivity index (χ1) is 8.34. The molecule has 4 heteroatoms. The van der Waals surface area contributed by atoms with Gasteiger partial charge < -0.3 is 10.2 Å². The zero-order valence-electron chi connectivity index (χ0n) is 9.98. The second-order valence-electron chi connectivity index (χ2n) is 4.36. The Labute approximate surface area is 101 Å². The minimum absolute atomic E-state index is 0.976. The van der Waals surface area contributed by atoms with Crippen molar-refractivity contribution < 1.29 is 0 Å². The van der Waals surface area contributed by atoms with Crippen molar-refractivity contribution in [3.63, 3.8) is 0 Å². The van der Waals surface area contributed by atoms with Gasteiger partial charge in [0.2, 0.25) is 0 Å². The highest BCUT2D eigenvalue weighted by atomic mass is 15.2. The van der Waals surface area contributed by atoms with Crippen molar-refractivity contribution in [3.05, 3.63) is 30.0 Å². The Morgan fingerprint density at radius 1 is 1.06 bits per heavy atom. The van der Waals surface area contributed by atoms with Crippen LogP contribution in [0, 0.1) is 6.92 Å². The highest BCUT2D eigenvalue weighted by molar-refractivity contribution is 5.76. The molecule has 1 aromatic heterocycles. The fraction of sp³-hybridized carbons (Fsp3) is 0.385. The molecule has 0 bridgehead atoms. The van der Waals surface area contributed by atoms with Crippen LogP contribution < -0.4 is 10.2 Å². The van der Waals surface area contributed by atoms with Crippen molar-refractivity contribution in [2.24, 2.45) is 0 Å². The van der Waals surface area contributed by atoms with Crippen LogP contribution in [-0.4, -0.2) is 36.1 Å². The molecule has 17 heavy (non-hydrogen) atoms. The highest BCUT2D eigenvalue weighted by Crippen LogP contribution is 2.19. The lowest BCUT2D eigenvalue weighted by Crippen LogP contribution is -2.44. The van der Waals surface area contributed by atoms with Gasteiger partial charge in [0.25, 0.3) is 0 Å². The number of piperazine rings is 1. The number of aromatic nitrogens is 2. The van der Waals surface area contributed by atoms with Gasteiger partial charge >= 0.3 is 0 Å². The number of fused-ring (bicyclic) bond motifs is 1. The Bertz CT molecular complexity index is 532. The lowest BCUT2D eigenvalue weighted by Gasteiger charge is -2.29. The summed E-state index contributed by atoms with van der Waals surface area (Å²) in [5.41, 5.74) is 2.97. The van der Waals surface area contributed by atoms with Gasteiger partial charge in [-0.2, -0.15) is 0 Å². The van der Waals surface area contributed by atoms with Gasteiger partial charge in [-0.1, -0.05) is 12.1 Å². The summed E-state index contributed by atoms with van der Waals surface area (Å²) in [5, 5.41) is 3.35. The first-order valence-corrected chi connectivity index (χ1v) is 6.03. The quantitative estimate of drug-likeness (QED) is 0.800. The molecular formula is C13H16N4. The van der Waals surface area contributed by atoms with Gasteiger partial charge in [0.15, 0.2) is 5.82 Å². The van der Waals surface area contributed by atoms with Crippen molar-refractivity contribution in [1.82, 2.24) is 15.3 Å². The molecular weight excluding hydrogens is 212 g/mol. The fourth-order valence-electron chi connectivity index (χ4n) is 2.26. The Hall–Kier alpha value is -1.68. The molecule has 2 heterocycles. The molecule has 4 nitrogen and oxygen atoms in total. The third-order valence-electron chi connectivity index (χ3n) is 3.14.